The molecule has 0 saturated heterocycles. The zero-order valence-electron chi connectivity index (χ0n) is 10.2. The summed E-state index contributed by atoms with van der Waals surface area (Å²) in [5.74, 6) is -0.856. The number of methoxy groups -OCH3 is 1. The second-order valence-electron chi connectivity index (χ2n) is 3.98. The van der Waals surface area contributed by atoms with Crippen molar-refractivity contribution >= 4 is 15.9 Å². The van der Waals surface area contributed by atoms with Crippen molar-refractivity contribution < 1.29 is 13.5 Å². The molecule has 0 radical (unpaired) electrons. The summed E-state index contributed by atoms with van der Waals surface area (Å²) in [7, 11) is 1.38. The molecule has 0 aliphatic heterocycles. The first-order chi connectivity index (χ1) is 9.06. The predicted octanol–water partition coefficient (Wildman–Crippen LogP) is 3.78. The largest absolute Gasteiger partial charge is 0.494 e. The zero-order valence-corrected chi connectivity index (χ0v) is 11.7. The van der Waals surface area contributed by atoms with Crippen LogP contribution in [0.1, 0.15) is 17.2 Å². The Kier molecular flexibility index (Phi) is 4.17. The minimum Gasteiger partial charge on any atom is -0.494 e. The Labute approximate surface area is 118 Å². The Bertz CT molecular complexity index is 604. The quantitative estimate of drug-likeness (QED) is 0.931. The number of hydrogen-bond acceptors (Lipinski definition) is 2. The summed E-state index contributed by atoms with van der Waals surface area (Å²) < 4.78 is 32.8. The third-order valence-electron chi connectivity index (χ3n) is 2.86. The van der Waals surface area contributed by atoms with E-state index in [-0.39, 0.29) is 15.8 Å². The monoisotopic (exact) mass is 327 g/mol. The van der Waals surface area contributed by atoms with Crippen LogP contribution in [0.2, 0.25) is 0 Å². The molecule has 2 N–H and O–H groups in total. The molecule has 5 heteroatoms. The number of benzene rings is 2. The molecule has 0 aliphatic rings. The van der Waals surface area contributed by atoms with Crippen molar-refractivity contribution in [1.29, 1.82) is 0 Å². The molecule has 1 unspecified atom stereocenters. The van der Waals surface area contributed by atoms with Crippen LogP contribution in [0.3, 0.4) is 0 Å². The van der Waals surface area contributed by atoms with Gasteiger partial charge in [0.25, 0.3) is 0 Å². The molecule has 0 aromatic heterocycles. The van der Waals surface area contributed by atoms with E-state index in [2.05, 4.69) is 15.9 Å². The van der Waals surface area contributed by atoms with Crippen LogP contribution in [-0.2, 0) is 0 Å². The van der Waals surface area contributed by atoms with Gasteiger partial charge >= 0.3 is 0 Å². The van der Waals surface area contributed by atoms with Gasteiger partial charge < -0.3 is 10.5 Å². The Morgan fingerprint density at radius 2 is 1.74 bits per heavy atom. The summed E-state index contributed by atoms with van der Waals surface area (Å²) in [6.07, 6.45) is 0. The standard InChI is InChI=1S/C14H12BrF2NO/c1-19-11-7-3-5-9(13(11)17)14(18)8-4-2-6-10(16)12(8)15/h2-7,14H,18H2,1H3. The molecule has 100 valence electrons. The van der Waals surface area contributed by atoms with Crippen molar-refractivity contribution in [1.82, 2.24) is 0 Å². The molecule has 2 aromatic rings. The normalized spacial score (nSPS) is 12.3. The van der Waals surface area contributed by atoms with E-state index < -0.39 is 17.7 Å². The molecule has 0 fully saturated rings. The molecule has 19 heavy (non-hydrogen) atoms. The summed E-state index contributed by atoms with van der Waals surface area (Å²) in [5.41, 5.74) is 6.75. The van der Waals surface area contributed by atoms with Crippen molar-refractivity contribution in [2.24, 2.45) is 5.73 Å². The van der Waals surface area contributed by atoms with E-state index in [0.29, 0.717) is 5.56 Å². The molecule has 0 saturated carbocycles. The van der Waals surface area contributed by atoms with Crippen LogP contribution in [0.5, 0.6) is 5.75 Å². The van der Waals surface area contributed by atoms with E-state index in [1.807, 2.05) is 0 Å². The number of ether oxygens (including phenoxy) is 1. The Morgan fingerprint density at radius 3 is 2.42 bits per heavy atom. The van der Waals surface area contributed by atoms with Gasteiger partial charge in [0.2, 0.25) is 0 Å². The highest BCUT2D eigenvalue weighted by Crippen LogP contribution is 2.32. The fraction of sp³-hybridized carbons (Fsp3) is 0.143. The van der Waals surface area contributed by atoms with Crippen molar-refractivity contribution in [2.75, 3.05) is 7.11 Å². The van der Waals surface area contributed by atoms with Crippen LogP contribution in [0.25, 0.3) is 0 Å². The smallest absolute Gasteiger partial charge is 0.170 e. The minimum absolute atomic E-state index is 0.112. The summed E-state index contributed by atoms with van der Waals surface area (Å²) in [6, 6.07) is 8.42. The van der Waals surface area contributed by atoms with Crippen LogP contribution in [0, 0.1) is 11.6 Å². The van der Waals surface area contributed by atoms with Crippen molar-refractivity contribution in [3.05, 3.63) is 63.6 Å². The van der Waals surface area contributed by atoms with E-state index in [9.17, 15) is 8.78 Å². The molecule has 0 bridgehead atoms. The van der Waals surface area contributed by atoms with E-state index in [4.69, 9.17) is 10.5 Å². The average Bonchev–Trinajstić information content (AvgIpc) is 2.41. The second-order valence-corrected chi connectivity index (χ2v) is 4.78. The molecule has 0 spiro atoms. The third-order valence-corrected chi connectivity index (χ3v) is 3.70. The van der Waals surface area contributed by atoms with E-state index in [1.165, 1.54) is 25.3 Å². The van der Waals surface area contributed by atoms with Gasteiger partial charge in [-0.05, 0) is 33.6 Å². The Balaban J connectivity index is 2.50. The highest BCUT2D eigenvalue weighted by atomic mass is 79.9. The first-order valence-corrected chi connectivity index (χ1v) is 6.37. The van der Waals surface area contributed by atoms with Gasteiger partial charge in [-0.2, -0.15) is 0 Å². The highest BCUT2D eigenvalue weighted by Gasteiger charge is 2.19. The maximum Gasteiger partial charge on any atom is 0.170 e. The molecule has 0 aliphatic carbocycles. The summed E-state index contributed by atoms with van der Waals surface area (Å²) in [6.45, 7) is 0. The van der Waals surface area contributed by atoms with Gasteiger partial charge in [-0.25, -0.2) is 8.78 Å². The lowest BCUT2D eigenvalue weighted by Crippen LogP contribution is -2.15. The van der Waals surface area contributed by atoms with Crippen molar-refractivity contribution in [3.8, 4) is 5.75 Å². The van der Waals surface area contributed by atoms with Crippen molar-refractivity contribution in [3.63, 3.8) is 0 Å². The second kappa shape index (κ2) is 5.67. The SMILES string of the molecule is COc1cccc(C(N)c2cccc(F)c2Br)c1F. The molecule has 1 atom stereocenters. The van der Waals surface area contributed by atoms with Gasteiger partial charge in [0.1, 0.15) is 5.82 Å². The van der Waals surface area contributed by atoms with Gasteiger partial charge in [-0.15, -0.1) is 0 Å². The molecule has 2 rings (SSSR count). The van der Waals surface area contributed by atoms with Gasteiger partial charge in [0.05, 0.1) is 17.6 Å². The van der Waals surface area contributed by atoms with Gasteiger partial charge in [-0.1, -0.05) is 24.3 Å². The number of rotatable bonds is 3. The van der Waals surface area contributed by atoms with Gasteiger partial charge in [-0.3, -0.25) is 0 Å². The number of hydrogen-bond donors (Lipinski definition) is 1. The van der Waals surface area contributed by atoms with Crippen LogP contribution >= 0.6 is 15.9 Å². The van der Waals surface area contributed by atoms with Crippen LogP contribution < -0.4 is 10.5 Å². The van der Waals surface area contributed by atoms with Gasteiger partial charge in [0.15, 0.2) is 11.6 Å². The maximum atomic E-state index is 14.1. The minimum atomic E-state index is -0.778. The predicted molar refractivity (Wildman–Crippen MR) is 73.1 cm³/mol. The summed E-state index contributed by atoms with van der Waals surface area (Å²) in [5, 5.41) is 0. The maximum absolute atomic E-state index is 14.1. The number of nitrogens with two attached hydrogens (primary N) is 1. The lowest BCUT2D eigenvalue weighted by atomic mass is 9.99. The zero-order chi connectivity index (χ0) is 14.0. The van der Waals surface area contributed by atoms with Crippen LogP contribution in [-0.4, -0.2) is 7.11 Å². The first-order valence-electron chi connectivity index (χ1n) is 5.58. The fourth-order valence-corrected chi connectivity index (χ4v) is 2.36. The van der Waals surface area contributed by atoms with E-state index in [0.717, 1.165) is 0 Å². The first kappa shape index (κ1) is 14.0. The molecule has 0 amide bonds. The lowest BCUT2D eigenvalue weighted by molar-refractivity contribution is 0.383. The third kappa shape index (κ3) is 2.62. The highest BCUT2D eigenvalue weighted by molar-refractivity contribution is 9.10. The molecular weight excluding hydrogens is 316 g/mol. The molecular formula is C14H12BrF2NO. The molecule has 2 aromatic carbocycles. The Hall–Kier alpha value is -1.46. The lowest BCUT2D eigenvalue weighted by Gasteiger charge is -2.16. The van der Waals surface area contributed by atoms with Gasteiger partial charge in [0, 0.05) is 5.56 Å². The molecule has 0 heterocycles. The summed E-state index contributed by atoms with van der Waals surface area (Å²) >= 11 is 3.13. The number of halogens is 3. The fourth-order valence-electron chi connectivity index (χ4n) is 1.85. The topological polar surface area (TPSA) is 35.2 Å². The molecule has 2 nitrogen and oxygen atoms in total. The average molecular weight is 328 g/mol. The Morgan fingerprint density at radius 1 is 1.11 bits per heavy atom. The van der Waals surface area contributed by atoms with Crippen LogP contribution in [0.15, 0.2) is 40.9 Å². The van der Waals surface area contributed by atoms with Crippen LogP contribution in [0.4, 0.5) is 8.78 Å². The van der Waals surface area contributed by atoms with Crippen molar-refractivity contribution in [2.45, 2.75) is 6.04 Å². The van der Waals surface area contributed by atoms with E-state index in [1.54, 1.807) is 18.2 Å². The van der Waals surface area contributed by atoms with E-state index >= 15 is 0 Å². The summed E-state index contributed by atoms with van der Waals surface area (Å²) in [4.78, 5) is 0.